The van der Waals surface area contributed by atoms with Crippen molar-refractivity contribution < 1.29 is 4.79 Å². The molecule has 0 aliphatic rings. The van der Waals surface area contributed by atoms with Gasteiger partial charge in [0.15, 0.2) is 5.16 Å². The normalized spacial score (nSPS) is 11.9. The van der Waals surface area contributed by atoms with Crippen LogP contribution in [-0.4, -0.2) is 21.3 Å². The summed E-state index contributed by atoms with van der Waals surface area (Å²) >= 11 is 1.34. The van der Waals surface area contributed by atoms with Crippen LogP contribution in [0.1, 0.15) is 31.4 Å². The van der Waals surface area contributed by atoms with Gasteiger partial charge < -0.3 is 11.2 Å². The number of nitrogens with two attached hydrogens (primary N) is 1. The van der Waals surface area contributed by atoms with Gasteiger partial charge in [0.1, 0.15) is 0 Å². The molecule has 0 bridgehead atoms. The lowest BCUT2D eigenvalue weighted by Crippen LogP contribution is -2.30. The third kappa shape index (κ3) is 5.14. The summed E-state index contributed by atoms with van der Waals surface area (Å²) in [7, 11) is 0. The van der Waals surface area contributed by atoms with Gasteiger partial charge in [0.05, 0.1) is 23.7 Å². The van der Waals surface area contributed by atoms with E-state index >= 15 is 0 Å². The van der Waals surface area contributed by atoms with Gasteiger partial charge in [-0.15, -0.1) is 0 Å². The summed E-state index contributed by atoms with van der Waals surface area (Å²) in [5.74, 6) is 6.26. The molecule has 0 fully saturated rings. The maximum absolute atomic E-state index is 12.5. The zero-order valence-corrected chi connectivity index (χ0v) is 16.2. The van der Waals surface area contributed by atoms with Crippen molar-refractivity contribution in [3.05, 3.63) is 72.4 Å². The fraction of sp³-hybridized carbons (Fsp3) is 0.238. The number of amides is 1. The first-order valence-corrected chi connectivity index (χ1v) is 10.0. The van der Waals surface area contributed by atoms with Crippen LogP contribution in [0.5, 0.6) is 0 Å². The molecular formula is C21H24N4OS. The topological polar surface area (TPSA) is 72.9 Å². The SMILES string of the molecule is CCC[C@@H](NC(=O)CSc1nc(-c2ccccc2)cn1N)c1ccccc1. The minimum absolute atomic E-state index is 0.0217. The van der Waals surface area contributed by atoms with E-state index in [9.17, 15) is 4.79 Å². The Kier molecular flexibility index (Phi) is 6.54. The number of carbonyl (C=O) groups excluding carboxylic acids is 1. The molecule has 2 aromatic carbocycles. The fourth-order valence-corrected chi connectivity index (χ4v) is 3.60. The van der Waals surface area contributed by atoms with Crippen molar-refractivity contribution in [3.8, 4) is 11.3 Å². The molecule has 1 amide bonds. The third-order valence-corrected chi connectivity index (χ3v) is 5.18. The van der Waals surface area contributed by atoms with Crippen LogP contribution in [0.15, 0.2) is 72.0 Å². The number of hydrogen-bond donors (Lipinski definition) is 2. The van der Waals surface area contributed by atoms with E-state index in [0.717, 1.165) is 29.7 Å². The van der Waals surface area contributed by atoms with Crippen molar-refractivity contribution in [1.82, 2.24) is 15.0 Å². The second-order valence-electron chi connectivity index (χ2n) is 6.29. The summed E-state index contributed by atoms with van der Waals surface area (Å²) in [6.45, 7) is 2.12. The van der Waals surface area contributed by atoms with Crippen molar-refractivity contribution in [2.45, 2.75) is 31.0 Å². The van der Waals surface area contributed by atoms with Crippen LogP contribution in [0, 0.1) is 0 Å². The largest absolute Gasteiger partial charge is 0.349 e. The van der Waals surface area contributed by atoms with Gasteiger partial charge in [-0.2, -0.15) is 0 Å². The van der Waals surface area contributed by atoms with E-state index in [2.05, 4.69) is 17.2 Å². The molecule has 27 heavy (non-hydrogen) atoms. The zero-order chi connectivity index (χ0) is 19.1. The monoisotopic (exact) mass is 380 g/mol. The summed E-state index contributed by atoms with van der Waals surface area (Å²) in [6.07, 6.45) is 3.68. The maximum atomic E-state index is 12.5. The molecule has 3 aromatic rings. The van der Waals surface area contributed by atoms with Crippen LogP contribution in [0.4, 0.5) is 0 Å². The van der Waals surface area contributed by atoms with Crippen LogP contribution in [-0.2, 0) is 4.79 Å². The highest BCUT2D eigenvalue weighted by molar-refractivity contribution is 7.99. The van der Waals surface area contributed by atoms with Gasteiger partial charge in [0.25, 0.3) is 0 Å². The lowest BCUT2D eigenvalue weighted by Gasteiger charge is -2.18. The lowest BCUT2D eigenvalue weighted by molar-refractivity contribution is -0.119. The number of nitrogens with zero attached hydrogens (tertiary/aromatic N) is 2. The van der Waals surface area contributed by atoms with Crippen molar-refractivity contribution in [2.24, 2.45) is 0 Å². The van der Waals surface area contributed by atoms with Crippen LogP contribution in [0.25, 0.3) is 11.3 Å². The number of hydrogen-bond acceptors (Lipinski definition) is 4. The molecule has 0 spiro atoms. The number of rotatable bonds is 8. The Bertz CT molecular complexity index is 864. The predicted molar refractivity (Wildman–Crippen MR) is 111 cm³/mol. The minimum atomic E-state index is -0.0217. The van der Waals surface area contributed by atoms with Gasteiger partial charge in [-0.1, -0.05) is 85.8 Å². The smallest absolute Gasteiger partial charge is 0.230 e. The first-order valence-electron chi connectivity index (χ1n) is 9.04. The molecule has 6 heteroatoms. The number of carbonyl (C=O) groups is 1. The van der Waals surface area contributed by atoms with E-state index < -0.39 is 0 Å². The minimum Gasteiger partial charge on any atom is -0.349 e. The molecule has 0 aliphatic carbocycles. The number of nitrogen functional groups attached to an aromatic ring is 1. The molecular weight excluding hydrogens is 356 g/mol. The zero-order valence-electron chi connectivity index (χ0n) is 15.3. The molecule has 5 nitrogen and oxygen atoms in total. The lowest BCUT2D eigenvalue weighted by atomic mass is 10.0. The maximum Gasteiger partial charge on any atom is 0.230 e. The van der Waals surface area contributed by atoms with Gasteiger partial charge >= 0.3 is 0 Å². The van der Waals surface area contributed by atoms with E-state index in [0.29, 0.717) is 5.16 Å². The Morgan fingerprint density at radius 1 is 1.15 bits per heavy atom. The summed E-state index contributed by atoms with van der Waals surface area (Å²) < 4.78 is 1.47. The number of thioether (sulfide) groups is 1. The van der Waals surface area contributed by atoms with Crippen LogP contribution in [0.3, 0.4) is 0 Å². The summed E-state index contributed by atoms with van der Waals surface area (Å²) in [6, 6.07) is 20.0. The van der Waals surface area contributed by atoms with Crippen molar-refractivity contribution >= 4 is 17.7 Å². The Morgan fingerprint density at radius 3 is 2.48 bits per heavy atom. The first-order chi connectivity index (χ1) is 13.2. The molecule has 1 heterocycles. The summed E-state index contributed by atoms with van der Waals surface area (Å²) in [5, 5.41) is 3.75. The number of nitrogens with one attached hydrogen (secondary N) is 1. The highest BCUT2D eigenvalue weighted by Crippen LogP contribution is 2.23. The molecule has 0 saturated heterocycles. The first kappa shape index (κ1) is 19.0. The average Bonchev–Trinajstić information content (AvgIpc) is 3.08. The number of benzene rings is 2. The second kappa shape index (κ2) is 9.28. The van der Waals surface area contributed by atoms with Gasteiger partial charge in [-0.3, -0.25) is 4.79 Å². The van der Waals surface area contributed by atoms with E-state index in [1.807, 2.05) is 60.7 Å². The predicted octanol–water partition coefficient (Wildman–Crippen LogP) is 4.01. The fourth-order valence-electron chi connectivity index (χ4n) is 2.89. The van der Waals surface area contributed by atoms with Crippen molar-refractivity contribution in [3.63, 3.8) is 0 Å². The van der Waals surface area contributed by atoms with Gasteiger partial charge in [-0.25, -0.2) is 9.66 Å². The molecule has 0 unspecified atom stereocenters. The Labute approximate surface area is 164 Å². The molecule has 0 aliphatic heterocycles. The van der Waals surface area contributed by atoms with E-state index in [-0.39, 0.29) is 17.7 Å². The highest BCUT2D eigenvalue weighted by Gasteiger charge is 2.15. The molecule has 3 rings (SSSR count). The molecule has 0 radical (unpaired) electrons. The third-order valence-electron chi connectivity index (χ3n) is 4.21. The highest BCUT2D eigenvalue weighted by atomic mass is 32.2. The molecule has 0 saturated carbocycles. The Morgan fingerprint density at radius 2 is 1.81 bits per heavy atom. The molecule has 140 valence electrons. The van der Waals surface area contributed by atoms with Crippen molar-refractivity contribution in [2.75, 3.05) is 11.6 Å². The average molecular weight is 381 g/mol. The van der Waals surface area contributed by atoms with E-state index in [1.54, 1.807) is 6.20 Å². The molecule has 1 atom stereocenters. The van der Waals surface area contributed by atoms with Gasteiger partial charge in [-0.05, 0) is 12.0 Å². The van der Waals surface area contributed by atoms with Gasteiger partial charge in [0, 0.05) is 5.56 Å². The Balaban J connectivity index is 1.61. The number of imidazole rings is 1. The van der Waals surface area contributed by atoms with E-state index in [1.165, 1.54) is 16.4 Å². The molecule has 3 N–H and O–H groups in total. The number of aromatic nitrogens is 2. The van der Waals surface area contributed by atoms with Crippen LogP contribution < -0.4 is 11.2 Å². The van der Waals surface area contributed by atoms with Gasteiger partial charge in [0.2, 0.25) is 5.91 Å². The van der Waals surface area contributed by atoms with Crippen molar-refractivity contribution in [1.29, 1.82) is 0 Å². The molecule has 1 aromatic heterocycles. The standard InChI is InChI=1S/C21H24N4OS/c1-2-9-18(16-10-5-3-6-11-16)23-20(26)15-27-21-24-19(14-25(21)22)17-12-7-4-8-13-17/h3-8,10-14,18H,2,9,15,22H2,1H3,(H,23,26)/t18-/m1/s1. The van der Waals surface area contributed by atoms with Crippen LogP contribution >= 0.6 is 11.8 Å². The van der Waals surface area contributed by atoms with Crippen LogP contribution in [0.2, 0.25) is 0 Å². The van der Waals surface area contributed by atoms with E-state index in [4.69, 9.17) is 5.84 Å². The summed E-state index contributed by atoms with van der Waals surface area (Å²) in [5.41, 5.74) is 2.93. The summed E-state index contributed by atoms with van der Waals surface area (Å²) in [4.78, 5) is 17.0. The Hall–Kier alpha value is -2.73. The second-order valence-corrected chi connectivity index (χ2v) is 7.23. The quantitative estimate of drug-likeness (QED) is 0.457.